The molecule has 2 unspecified atom stereocenters. The van der Waals surface area contributed by atoms with Crippen molar-refractivity contribution in [2.45, 2.75) is 30.2 Å². The van der Waals surface area contributed by atoms with Crippen molar-refractivity contribution < 1.29 is 17.2 Å². The molecule has 0 spiro atoms. The van der Waals surface area contributed by atoms with Crippen LogP contribution in [0.1, 0.15) is 12.5 Å². The summed E-state index contributed by atoms with van der Waals surface area (Å²) in [6.45, 7) is 4.88. The second-order valence-electron chi connectivity index (χ2n) is 6.74. The lowest BCUT2D eigenvalue weighted by atomic mass is 10.1. The second-order valence-corrected chi connectivity index (χ2v) is 8.66. The normalized spacial score (nSPS) is 21.2. The number of halogens is 2. The van der Waals surface area contributed by atoms with Gasteiger partial charge in [0, 0.05) is 31.4 Å². The zero-order valence-electron chi connectivity index (χ0n) is 14.5. The lowest BCUT2D eigenvalue weighted by Gasteiger charge is -2.19. The Bertz CT molecular complexity index is 826. The number of benzene rings is 2. The molecule has 3 rings (SSSR count). The Kier molecular flexibility index (Phi) is 5.58. The third-order valence-corrected chi connectivity index (χ3v) is 6.10. The molecule has 1 heterocycles. The molecule has 2 aromatic carbocycles. The fourth-order valence-electron chi connectivity index (χ4n) is 3.28. The van der Waals surface area contributed by atoms with Gasteiger partial charge in [0.25, 0.3) is 0 Å². The summed E-state index contributed by atoms with van der Waals surface area (Å²) < 4.78 is 48.1. The van der Waals surface area contributed by atoms with Gasteiger partial charge in [0.2, 0.25) is 9.84 Å². The Hall–Kier alpha value is -1.99. The molecule has 2 aromatic rings. The lowest BCUT2D eigenvalue weighted by Crippen LogP contribution is -2.28. The van der Waals surface area contributed by atoms with Crippen molar-refractivity contribution >= 4 is 15.5 Å². The zero-order chi connectivity index (χ0) is 18.7. The van der Waals surface area contributed by atoms with Gasteiger partial charge < -0.3 is 5.32 Å². The number of hydrogen-bond donors (Lipinski definition) is 1. The molecule has 26 heavy (non-hydrogen) atoms. The Labute approximate surface area is 152 Å². The SMILES string of the molecule is CC1CN(Cc2ccccc2)CC1Nc1ccc(S(=O)(=O)C(F)F)cc1. The van der Waals surface area contributed by atoms with Crippen LogP contribution in [0.3, 0.4) is 0 Å². The van der Waals surface area contributed by atoms with E-state index in [-0.39, 0.29) is 10.9 Å². The van der Waals surface area contributed by atoms with Gasteiger partial charge in [-0.05, 0) is 35.7 Å². The number of rotatable bonds is 6. The molecule has 1 N–H and O–H groups in total. The first-order valence-electron chi connectivity index (χ1n) is 8.51. The number of hydrogen-bond acceptors (Lipinski definition) is 4. The highest BCUT2D eigenvalue weighted by atomic mass is 32.2. The second kappa shape index (κ2) is 7.72. The van der Waals surface area contributed by atoms with E-state index < -0.39 is 15.6 Å². The van der Waals surface area contributed by atoms with Crippen LogP contribution in [0.5, 0.6) is 0 Å². The van der Waals surface area contributed by atoms with E-state index in [1.807, 2.05) is 18.2 Å². The third kappa shape index (κ3) is 4.22. The number of likely N-dealkylation sites (tertiary alicyclic amines) is 1. The maximum atomic E-state index is 12.6. The molecule has 0 amide bonds. The fraction of sp³-hybridized carbons (Fsp3) is 0.368. The van der Waals surface area contributed by atoms with E-state index in [1.54, 1.807) is 12.1 Å². The van der Waals surface area contributed by atoms with Gasteiger partial charge in [-0.3, -0.25) is 4.90 Å². The van der Waals surface area contributed by atoms with E-state index in [9.17, 15) is 17.2 Å². The average Bonchev–Trinajstić information content (AvgIpc) is 2.95. The zero-order valence-corrected chi connectivity index (χ0v) is 15.3. The Morgan fingerprint density at radius 2 is 1.73 bits per heavy atom. The van der Waals surface area contributed by atoms with Gasteiger partial charge in [-0.2, -0.15) is 8.78 Å². The maximum absolute atomic E-state index is 12.6. The summed E-state index contributed by atoms with van der Waals surface area (Å²) in [5, 5.41) is 3.39. The van der Waals surface area contributed by atoms with E-state index >= 15 is 0 Å². The summed E-state index contributed by atoms with van der Waals surface area (Å²) in [7, 11) is -4.54. The van der Waals surface area contributed by atoms with Gasteiger partial charge in [-0.1, -0.05) is 37.3 Å². The first kappa shape index (κ1) is 18.8. The number of sulfone groups is 1. The molecule has 4 nitrogen and oxygen atoms in total. The van der Waals surface area contributed by atoms with Crippen LogP contribution in [0.25, 0.3) is 0 Å². The molecule has 0 aliphatic carbocycles. The minimum atomic E-state index is -4.54. The van der Waals surface area contributed by atoms with Crippen molar-refractivity contribution in [3.8, 4) is 0 Å². The standard InChI is InChI=1S/C19H22F2N2O2S/c1-14-11-23(12-15-5-3-2-4-6-15)13-18(14)22-16-7-9-17(10-8-16)26(24,25)19(20)21/h2-10,14,18-19,22H,11-13H2,1H3. The molecule has 0 aromatic heterocycles. The summed E-state index contributed by atoms with van der Waals surface area (Å²) in [5.74, 6) is -2.98. The molecule has 0 radical (unpaired) electrons. The lowest BCUT2D eigenvalue weighted by molar-refractivity contribution is 0.234. The minimum Gasteiger partial charge on any atom is -0.381 e. The topological polar surface area (TPSA) is 49.4 Å². The molecule has 7 heteroatoms. The van der Waals surface area contributed by atoms with Crippen molar-refractivity contribution in [3.05, 3.63) is 60.2 Å². The summed E-state index contributed by atoms with van der Waals surface area (Å²) >= 11 is 0. The van der Waals surface area contributed by atoms with Crippen LogP contribution in [0.2, 0.25) is 0 Å². The van der Waals surface area contributed by atoms with Crippen molar-refractivity contribution in [1.82, 2.24) is 4.90 Å². The average molecular weight is 380 g/mol. The highest BCUT2D eigenvalue weighted by Gasteiger charge is 2.30. The molecule has 0 bridgehead atoms. The molecule has 1 saturated heterocycles. The van der Waals surface area contributed by atoms with E-state index in [2.05, 4.69) is 29.3 Å². The molecule has 0 saturated carbocycles. The third-order valence-electron chi connectivity index (χ3n) is 4.71. The largest absolute Gasteiger partial charge is 0.381 e. The van der Waals surface area contributed by atoms with Crippen molar-refractivity contribution in [1.29, 1.82) is 0 Å². The summed E-state index contributed by atoms with van der Waals surface area (Å²) in [6, 6.07) is 16.0. The first-order valence-corrected chi connectivity index (χ1v) is 10.1. The maximum Gasteiger partial charge on any atom is 0.341 e. The van der Waals surface area contributed by atoms with Crippen molar-refractivity contribution in [3.63, 3.8) is 0 Å². The molecule has 1 aliphatic rings. The summed E-state index contributed by atoms with van der Waals surface area (Å²) in [4.78, 5) is 2.01. The minimum absolute atomic E-state index is 0.219. The predicted octanol–water partition coefficient (Wildman–Crippen LogP) is 3.62. The van der Waals surface area contributed by atoms with Crippen molar-refractivity contribution in [2.75, 3.05) is 18.4 Å². The molecule has 2 atom stereocenters. The van der Waals surface area contributed by atoms with Gasteiger partial charge in [0.1, 0.15) is 0 Å². The Morgan fingerprint density at radius 1 is 1.08 bits per heavy atom. The van der Waals surface area contributed by atoms with Crippen LogP contribution < -0.4 is 5.32 Å². The number of anilines is 1. The van der Waals surface area contributed by atoms with E-state index in [0.717, 1.165) is 25.3 Å². The summed E-state index contributed by atoms with van der Waals surface area (Å²) in [6.07, 6.45) is 0. The van der Waals surface area contributed by atoms with Crippen LogP contribution in [-0.2, 0) is 16.4 Å². The number of nitrogens with zero attached hydrogens (tertiary/aromatic N) is 1. The van der Waals surface area contributed by atoms with Gasteiger partial charge in [0.15, 0.2) is 0 Å². The number of alkyl halides is 2. The van der Waals surface area contributed by atoms with Crippen LogP contribution in [0.4, 0.5) is 14.5 Å². The molecular formula is C19H22F2N2O2S. The highest BCUT2D eigenvalue weighted by molar-refractivity contribution is 7.91. The molecular weight excluding hydrogens is 358 g/mol. The van der Waals surface area contributed by atoms with Gasteiger partial charge in [0.05, 0.1) is 4.90 Å². The van der Waals surface area contributed by atoms with Gasteiger partial charge in [-0.25, -0.2) is 8.42 Å². The monoisotopic (exact) mass is 380 g/mol. The highest BCUT2D eigenvalue weighted by Crippen LogP contribution is 2.24. The van der Waals surface area contributed by atoms with Crippen LogP contribution in [0.15, 0.2) is 59.5 Å². The van der Waals surface area contributed by atoms with Gasteiger partial charge in [-0.15, -0.1) is 0 Å². The van der Waals surface area contributed by atoms with Crippen LogP contribution in [0, 0.1) is 5.92 Å². The van der Waals surface area contributed by atoms with Crippen molar-refractivity contribution in [2.24, 2.45) is 5.92 Å². The van der Waals surface area contributed by atoms with Crippen LogP contribution >= 0.6 is 0 Å². The molecule has 1 aliphatic heterocycles. The smallest absolute Gasteiger partial charge is 0.341 e. The number of nitrogens with one attached hydrogen (secondary N) is 1. The first-order chi connectivity index (χ1) is 12.4. The fourth-order valence-corrected chi connectivity index (χ4v) is 4.00. The predicted molar refractivity (Wildman–Crippen MR) is 97.9 cm³/mol. The Balaban J connectivity index is 1.62. The Morgan fingerprint density at radius 3 is 2.35 bits per heavy atom. The molecule has 140 valence electrons. The van der Waals surface area contributed by atoms with E-state index in [1.165, 1.54) is 17.7 Å². The van der Waals surface area contributed by atoms with Crippen LogP contribution in [-0.4, -0.2) is 38.2 Å². The molecule has 1 fully saturated rings. The summed E-state index contributed by atoms with van der Waals surface area (Å²) in [5.41, 5.74) is 2.00. The quantitative estimate of drug-likeness (QED) is 0.832. The van der Waals surface area contributed by atoms with E-state index in [0.29, 0.717) is 5.92 Å². The van der Waals surface area contributed by atoms with E-state index in [4.69, 9.17) is 0 Å². The van der Waals surface area contributed by atoms with Gasteiger partial charge >= 0.3 is 5.76 Å².